The van der Waals surface area contributed by atoms with Crippen LogP contribution in [0.3, 0.4) is 0 Å². The van der Waals surface area contributed by atoms with Crippen LogP contribution < -0.4 is 5.32 Å². The molecule has 128 valence electrons. The highest BCUT2D eigenvalue weighted by Gasteiger charge is 2.85. The zero-order valence-electron chi connectivity index (χ0n) is 12.4. The third-order valence-corrected chi connectivity index (χ3v) is 6.98. The Balaban J connectivity index is 1.73. The maximum atomic E-state index is 12.5. The van der Waals surface area contributed by atoms with Crippen LogP contribution in [0.25, 0.3) is 0 Å². The van der Waals surface area contributed by atoms with Crippen molar-refractivity contribution in [2.75, 3.05) is 6.61 Å². The number of fused-ring (bicyclic) bond motifs is 3. The molecule has 3 fully saturated rings. The third kappa shape index (κ3) is 2.63. The minimum Gasteiger partial charge on any atom is -0.459 e. The van der Waals surface area contributed by atoms with E-state index < -0.39 is 15.3 Å². The molecular weight excluding hydrogens is 403 g/mol. The maximum absolute atomic E-state index is 12.5. The van der Waals surface area contributed by atoms with Gasteiger partial charge in [-0.05, 0) is 13.3 Å². The van der Waals surface area contributed by atoms with Crippen molar-refractivity contribution >= 4 is 75.6 Å². The van der Waals surface area contributed by atoms with E-state index in [2.05, 4.69) is 5.32 Å². The van der Waals surface area contributed by atoms with Gasteiger partial charge in [0.2, 0.25) is 9.70 Å². The molecule has 0 radical (unpaired) electrons. The Morgan fingerprint density at radius 1 is 1.57 bits per heavy atom. The van der Waals surface area contributed by atoms with Gasteiger partial charge in [-0.25, -0.2) is 4.79 Å². The first-order valence-corrected chi connectivity index (χ1v) is 9.52. The Morgan fingerprint density at radius 2 is 2.22 bits per heavy atom. The van der Waals surface area contributed by atoms with E-state index in [0.717, 1.165) is 0 Å². The van der Waals surface area contributed by atoms with Crippen molar-refractivity contribution < 1.29 is 14.3 Å². The number of ether oxygens (including phenoxy) is 1. The highest BCUT2D eigenvalue weighted by molar-refractivity contribution is 8.02. The van der Waals surface area contributed by atoms with Gasteiger partial charge in [0, 0.05) is 6.42 Å². The smallest absolute Gasteiger partial charge is 0.333 e. The summed E-state index contributed by atoms with van der Waals surface area (Å²) in [5, 5.41) is 2.94. The predicted molar refractivity (Wildman–Crippen MR) is 95.0 cm³/mol. The molecule has 0 spiro atoms. The van der Waals surface area contributed by atoms with Crippen molar-refractivity contribution in [1.82, 2.24) is 10.2 Å². The molecule has 2 heterocycles. The highest BCUT2D eigenvalue weighted by Crippen LogP contribution is 2.72. The summed E-state index contributed by atoms with van der Waals surface area (Å²) < 4.78 is 3.12. The molecule has 23 heavy (non-hydrogen) atoms. The van der Waals surface area contributed by atoms with Gasteiger partial charge in [-0.15, -0.1) is 11.8 Å². The molecule has 0 aromatic rings. The van der Waals surface area contributed by atoms with Crippen molar-refractivity contribution in [2.45, 2.75) is 52.2 Å². The van der Waals surface area contributed by atoms with Crippen molar-refractivity contribution in [1.29, 1.82) is 0 Å². The molecule has 1 amide bonds. The lowest BCUT2D eigenvalue weighted by atomic mass is 10.0. The number of nitrogens with zero attached hydrogens (tertiary/aromatic N) is 1. The second-order valence-electron chi connectivity index (χ2n) is 6.07. The second-order valence-corrected chi connectivity index (χ2v) is 10.7. The van der Waals surface area contributed by atoms with E-state index in [4.69, 9.17) is 51.8 Å². The zero-order valence-corrected chi connectivity index (χ0v) is 16.3. The van der Waals surface area contributed by atoms with E-state index in [1.54, 1.807) is 16.7 Å². The van der Waals surface area contributed by atoms with E-state index in [0.29, 0.717) is 17.8 Å². The fraction of sp³-hybridized carbons (Fsp3) is 0.769. The van der Waals surface area contributed by atoms with Gasteiger partial charge in [0.15, 0.2) is 5.54 Å². The SMILES string of the molecule is CCC(=S)NC1C(=O)N2[C@H]1SC1(C)CC21C(=O)OCC(Cl)(Cl)Cl. The number of amides is 1. The molecule has 3 aliphatic rings. The van der Waals surface area contributed by atoms with Crippen LogP contribution in [0, 0.1) is 0 Å². The molecule has 4 atom stereocenters. The molecule has 0 aromatic carbocycles. The molecule has 1 aliphatic carbocycles. The Bertz CT molecular complexity index is 600. The molecule has 3 rings (SSSR count). The van der Waals surface area contributed by atoms with Crippen molar-refractivity contribution in [2.24, 2.45) is 0 Å². The van der Waals surface area contributed by atoms with Gasteiger partial charge in [0.1, 0.15) is 18.0 Å². The van der Waals surface area contributed by atoms with E-state index in [1.807, 2.05) is 13.8 Å². The number of carbonyl (C=O) groups is 2. The first-order chi connectivity index (χ1) is 10.6. The summed E-state index contributed by atoms with van der Waals surface area (Å²) in [5.74, 6) is -0.642. The van der Waals surface area contributed by atoms with Gasteiger partial charge in [0.25, 0.3) is 0 Å². The zero-order chi connectivity index (χ0) is 17.2. The first-order valence-electron chi connectivity index (χ1n) is 7.10. The summed E-state index contributed by atoms with van der Waals surface area (Å²) in [4.78, 5) is 27.3. The highest BCUT2D eigenvalue weighted by atomic mass is 35.6. The van der Waals surface area contributed by atoms with Gasteiger partial charge < -0.3 is 15.0 Å². The number of carbonyl (C=O) groups excluding carboxylic acids is 2. The molecule has 10 heteroatoms. The number of halogens is 3. The van der Waals surface area contributed by atoms with Gasteiger partial charge in [-0.2, -0.15) is 0 Å². The second kappa shape index (κ2) is 5.53. The Morgan fingerprint density at radius 3 is 2.78 bits per heavy atom. The van der Waals surface area contributed by atoms with Crippen LogP contribution >= 0.6 is 58.8 Å². The predicted octanol–water partition coefficient (Wildman–Crippen LogP) is 2.41. The van der Waals surface area contributed by atoms with E-state index in [-0.39, 0.29) is 28.7 Å². The number of β-lactam (4-membered cyclic amide) rings is 1. The Labute approximate surface area is 158 Å². The van der Waals surface area contributed by atoms with Crippen LogP contribution in [0.4, 0.5) is 0 Å². The quantitative estimate of drug-likeness (QED) is 0.328. The van der Waals surface area contributed by atoms with Gasteiger partial charge in [-0.3, -0.25) is 4.79 Å². The molecule has 2 saturated heterocycles. The van der Waals surface area contributed by atoms with E-state index >= 15 is 0 Å². The Kier molecular flexibility index (Phi) is 4.29. The van der Waals surface area contributed by atoms with Crippen molar-refractivity contribution in [3.63, 3.8) is 0 Å². The summed E-state index contributed by atoms with van der Waals surface area (Å²) in [5.41, 5.74) is -0.943. The van der Waals surface area contributed by atoms with Gasteiger partial charge >= 0.3 is 5.97 Å². The van der Waals surface area contributed by atoms with Gasteiger partial charge in [0.05, 0.1) is 9.74 Å². The van der Waals surface area contributed by atoms with Crippen LogP contribution in [0.2, 0.25) is 0 Å². The summed E-state index contributed by atoms with van der Waals surface area (Å²) in [6, 6.07) is -0.380. The Hall–Kier alpha value is 0.0500. The molecule has 1 N–H and O–H groups in total. The van der Waals surface area contributed by atoms with Crippen molar-refractivity contribution in [3.05, 3.63) is 0 Å². The van der Waals surface area contributed by atoms with Crippen LogP contribution in [-0.2, 0) is 14.3 Å². The van der Waals surface area contributed by atoms with Crippen LogP contribution in [-0.4, -0.2) is 53.9 Å². The monoisotopic (exact) mass is 416 g/mol. The summed E-state index contributed by atoms with van der Waals surface area (Å²) in [6.45, 7) is 3.54. The maximum Gasteiger partial charge on any atom is 0.333 e. The van der Waals surface area contributed by atoms with Gasteiger partial charge in [-0.1, -0.05) is 53.9 Å². The minimum atomic E-state index is -1.67. The molecule has 0 aromatic heterocycles. The molecule has 0 bridgehead atoms. The molecular formula is C13H15Cl3N2O3S2. The normalized spacial score (nSPS) is 37.6. The summed E-state index contributed by atoms with van der Waals surface area (Å²) in [6.07, 6.45) is 1.22. The summed E-state index contributed by atoms with van der Waals surface area (Å²) >= 11 is 23.6. The van der Waals surface area contributed by atoms with Crippen molar-refractivity contribution in [3.8, 4) is 0 Å². The average Bonchev–Trinajstić information content (AvgIpc) is 2.99. The standard InChI is InChI=1S/C13H15Cl3N2O3S2/c1-3-6(22)17-7-8(19)18-9(7)23-11(2)4-12(11,18)10(20)21-5-13(14,15)16/h7,9H,3-5H2,1-2H3,(H,17,22)/t7?,9-,11?,12?/m0/s1. The van der Waals surface area contributed by atoms with Crippen LogP contribution in [0.5, 0.6) is 0 Å². The molecule has 3 unspecified atom stereocenters. The lowest BCUT2D eigenvalue weighted by molar-refractivity contribution is -0.165. The number of alkyl halides is 3. The topological polar surface area (TPSA) is 58.6 Å². The number of hydrogen-bond acceptors (Lipinski definition) is 5. The van der Waals surface area contributed by atoms with E-state index in [9.17, 15) is 9.59 Å². The number of thioether (sulfide) groups is 1. The number of thiocarbonyl (C=S) groups is 1. The lowest BCUT2D eigenvalue weighted by Crippen LogP contribution is -2.72. The first kappa shape index (κ1) is 17.9. The van der Waals surface area contributed by atoms with Crippen LogP contribution in [0.15, 0.2) is 0 Å². The fourth-order valence-electron chi connectivity index (χ4n) is 3.24. The molecule has 5 nitrogen and oxygen atoms in total. The molecule has 1 saturated carbocycles. The largest absolute Gasteiger partial charge is 0.459 e. The number of hydrogen-bond donors (Lipinski definition) is 1. The number of nitrogens with one attached hydrogen (secondary N) is 1. The van der Waals surface area contributed by atoms with E-state index in [1.165, 1.54) is 0 Å². The minimum absolute atomic E-state index is 0.119. The van der Waals surface area contributed by atoms with Crippen LogP contribution in [0.1, 0.15) is 26.7 Å². The number of rotatable bonds is 4. The lowest BCUT2D eigenvalue weighted by Gasteiger charge is -2.46. The average molecular weight is 418 g/mol. The number of esters is 1. The fourth-order valence-corrected chi connectivity index (χ4v) is 5.44. The third-order valence-electron chi connectivity index (χ3n) is 4.52. The summed E-state index contributed by atoms with van der Waals surface area (Å²) in [7, 11) is 0. The molecule has 2 aliphatic heterocycles.